The fourth-order valence-electron chi connectivity index (χ4n) is 4.96. The Kier molecular flexibility index (Phi) is 5.36. The third-order valence-corrected chi connectivity index (χ3v) is 6.37. The van der Waals surface area contributed by atoms with Crippen molar-refractivity contribution in [3.63, 3.8) is 0 Å². The summed E-state index contributed by atoms with van der Waals surface area (Å²) in [6, 6.07) is 10.5. The first-order valence-electron chi connectivity index (χ1n) is 10.5. The molecule has 5 N–H and O–H groups in total. The highest BCUT2D eigenvalue weighted by Crippen LogP contribution is 2.40. The quantitative estimate of drug-likeness (QED) is 0.697. The van der Waals surface area contributed by atoms with Crippen molar-refractivity contribution in [2.45, 2.75) is 45.2 Å². The molecule has 0 spiro atoms. The number of carbonyl (C=O) groups is 1. The molecule has 1 aromatic carbocycles. The van der Waals surface area contributed by atoms with Gasteiger partial charge in [0.25, 0.3) is 5.91 Å². The molecule has 1 aromatic heterocycles. The fourth-order valence-corrected chi connectivity index (χ4v) is 4.96. The summed E-state index contributed by atoms with van der Waals surface area (Å²) < 4.78 is 1.92. The van der Waals surface area contributed by atoms with Crippen LogP contribution in [0.1, 0.15) is 49.5 Å². The number of nitrogens with zero attached hydrogens (tertiary/aromatic N) is 3. The van der Waals surface area contributed by atoms with Crippen molar-refractivity contribution < 1.29 is 4.79 Å². The van der Waals surface area contributed by atoms with Crippen LogP contribution in [0.5, 0.6) is 0 Å². The largest absolute Gasteiger partial charge is 0.365 e. The van der Waals surface area contributed by atoms with Crippen molar-refractivity contribution in [3.05, 3.63) is 42.1 Å². The number of amides is 1. The van der Waals surface area contributed by atoms with Crippen molar-refractivity contribution in [2.24, 2.45) is 22.8 Å². The number of hydrogen-bond acceptors (Lipinski definition) is 5. The fraction of sp³-hybridized carbons (Fsp3) is 0.545. The first-order chi connectivity index (χ1) is 13.9. The zero-order valence-corrected chi connectivity index (χ0v) is 17.3. The van der Waals surface area contributed by atoms with Gasteiger partial charge < -0.3 is 16.8 Å². The Bertz CT molecular complexity index is 853. The molecular weight excluding hydrogens is 364 g/mol. The molecule has 2 heterocycles. The Labute approximate surface area is 172 Å². The maximum atomic E-state index is 12.0. The molecule has 1 aliphatic carbocycles. The Hall–Kier alpha value is -2.38. The van der Waals surface area contributed by atoms with Gasteiger partial charge in [0.15, 0.2) is 5.82 Å². The number of carbonyl (C=O) groups excluding carboxylic acids is 1. The van der Waals surface area contributed by atoms with E-state index in [4.69, 9.17) is 16.6 Å². The number of para-hydroxylation sites is 1. The minimum Gasteiger partial charge on any atom is -0.365 e. The number of hydrogen-bond donors (Lipinski definition) is 3. The molecule has 2 aromatic rings. The van der Waals surface area contributed by atoms with Crippen LogP contribution in [0.15, 0.2) is 36.5 Å². The van der Waals surface area contributed by atoms with Crippen LogP contribution in [-0.2, 0) is 0 Å². The summed E-state index contributed by atoms with van der Waals surface area (Å²) in [4.78, 5) is 14.6. The number of anilines is 2. The highest BCUT2D eigenvalue weighted by Gasteiger charge is 2.42. The average Bonchev–Trinajstić information content (AvgIpc) is 3.10. The predicted octanol–water partition coefficient (Wildman–Crippen LogP) is 2.74. The summed E-state index contributed by atoms with van der Waals surface area (Å²) >= 11 is 0. The predicted molar refractivity (Wildman–Crippen MR) is 115 cm³/mol. The monoisotopic (exact) mass is 396 g/mol. The molecule has 156 valence electrons. The molecule has 2 fully saturated rings. The number of nitrogens with two attached hydrogens (primary N) is 2. The Morgan fingerprint density at radius 3 is 2.59 bits per heavy atom. The molecule has 1 saturated heterocycles. The molecule has 0 unspecified atom stereocenters. The minimum absolute atomic E-state index is 0.190. The zero-order valence-electron chi connectivity index (χ0n) is 17.3. The van der Waals surface area contributed by atoms with E-state index in [-0.39, 0.29) is 6.04 Å². The van der Waals surface area contributed by atoms with Gasteiger partial charge in [-0.05, 0) is 49.3 Å². The molecule has 29 heavy (non-hydrogen) atoms. The van der Waals surface area contributed by atoms with Crippen LogP contribution in [0.2, 0.25) is 0 Å². The van der Waals surface area contributed by atoms with E-state index in [0.717, 1.165) is 24.9 Å². The number of primary amides is 1. The van der Waals surface area contributed by atoms with E-state index in [2.05, 4.69) is 24.1 Å². The molecule has 2 aliphatic rings. The van der Waals surface area contributed by atoms with E-state index in [1.807, 2.05) is 35.0 Å². The van der Waals surface area contributed by atoms with Crippen molar-refractivity contribution in [1.82, 2.24) is 14.7 Å². The van der Waals surface area contributed by atoms with Gasteiger partial charge in [0.05, 0.1) is 6.04 Å². The number of nitrogens with one attached hydrogen (secondary N) is 1. The molecule has 7 nitrogen and oxygen atoms in total. The maximum Gasteiger partial charge on any atom is 0.254 e. The number of rotatable bonds is 6. The van der Waals surface area contributed by atoms with Gasteiger partial charge in [-0.3, -0.25) is 14.4 Å². The Balaban J connectivity index is 1.51. The van der Waals surface area contributed by atoms with Crippen LogP contribution >= 0.6 is 0 Å². The molecule has 1 amide bonds. The molecule has 4 rings (SSSR count). The molecule has 1 saturated carbocycles. The highest BCUT2D eigenvalue weighted by atomic mass is 16.1. The van der Waals surface area contributed by atoms with Crippen LogP contribution in [0, 0.1) is 11.3 Å². The SMILES string of the molecule is CC1(C)CN([C@H]2CC[C@H](n3cc(C(N)=O)c(Nc4ccccc4)n3)[C@@H](CN)C2)C1. The second-order valence-corrected chi connectivity index (χ2v) is 9.33. The standard InChI is InChI=1S/C22H32N6O/c1-22(2)13-27(14-22)17-8-9-19(15(10-17)11-23)28-12-18(20(24)29)21(26-28)25-16-6-4-3-5-7-16/h3-7,12,15,17,19H,8-11,13-14,23H2,1-2H3,(H2,24,29)(H,25,26)/t15-,17+,19+/m1/s1. The van der Waals surface area contributed by atoms with Crippen LogP contribution < -0.4 is 16.8 Å². The van der Waals surface area contributed by atoms with Crippen LogP contribution in [-0.4, -0.2) is 46.3 Å². The number of likely N-dealkylation sites (tertiary alicyclic amines) is 1. The maximum absolute atomic E-state index is 12.0. The van der Waals surface area contributed by atoms with E-state index in [0.29, 0.717) is 35.3 Å². The van der Waals surface area contributed by atoms with Gasteiger partial charge in [-0.25, -0.2) is 0 Å². The lowest BCUT2D eigenvalue weighted by atomic mass is 9.76. The van der Waals surface area contributed by atoms with Crippen LogP contribution in [0.25, 0.3) is 0 Å². The first-order valence-corrected chi connectivity index (χ1v) is 10.5. The van der Waals surface area contributed by atoms with Gasteiger partial charge in [-0.15, -0.1) is 0 Å². The van der Waals surface area contributed by atoms with Gasteiger partial charge in [0, 0.05) is 31.0 Å². The lowest BCUT2D eigenvalue weighted by molar-refractivity contribution is -0.0316. The molecule has 0 radical (unpaired) electrons. The summed E-state index contributed by atoms with van der Waals surface area (Å²) in [5, 5.41) is 7.94. The average molecular weight is 397 g/mol. The van der Waals surface area contributed by atoms with Crippen molar-refractivity contribution >= 4 is 17.4 Å². The number of aromatic nitrogens is 2. The van der Waals surface area contributed by atoms with Gasteiger partial charge >= 0.3 is 0 Å². The third kappa shape index (κ3) is 4.16. The second kappa shape index (κ2) is 7.80. The van der Waals surface area contributed by atoms with E-state index in [9.17, 15) is 4.79 Å². The zero-order chi connectivity index (χ0) is 20.6. The summed E-state index contributed by atoms with van der Waals surface area (Å²) in [7, 11) is 0. The number of benzene rings is 1. The Morgan fingerprint density at radius 1 is 1.24 bits per heavy atom. The normalized spacial score (nSPS) is 26.7. The minimum atomic E-state index is -0.476. The Morgan fingerprint density at radius 2 is 1.97 bits per heavy atom. The van der Waals surface area contributed by atoms with Gasteiger partial charge in [-0.1, -0.05) is 32.0 Å². The first kappa shape index (κ1) is 19.9. The lowest BCUT2D eigenvalue weighted by Gasteiger charge is -2.52. The molecular formula is C22H32N6O. The van der Waals surface area contributed by atoms with Crippen LogP contribution in [0.4, 0.5) is 11.5 Å². The summed E-state index contributed by atoms with van der Waals surface area (Å²) in [6.45, 7) is 7.60. The van der Waals surface area contributed by atoms with Crippen LogP contribution in [0.3, 0.4) is 0 Å². The van der Waals surface area contributed by atoms with Crippen molar-refractivity contribution in [1.29, 1.82) is 0 Å². The lowest BCUT2D eigenvalue weighted by Crippen LogP contribution is -2.58. The molecule has 7 heteroatoms. The van der Waals surface area contributed by atoms with Crippen molar-refractivity contribution in [2.75, 3.05) is 25.0 Å². The molecule has 3 atom stereocenters. The smallest absolute Gasteiger partial charge is 0.254 e. The topological polar surface area (TPSA) is 102 Å². The van der Waals surface area contributed by atoms with Crippen molar-refractivity contribution in [3.8, 4) is 0 Å². The summed E-state index contributed by atoms with van der Waals surface area (Å²) in [5.74, 6) is 0.365. The summed E-state index contributed by atoms with van der Waals surface area (Å²) in [5.41, 5.74) is 13.5. The van der Waals surface area contributed by atoms with E-state index < -0.39 is 5.91 Å². The van der Waals surface area contributed by atoms with E-state index >= 15 is 0 Å². The van der Waals surface area contributed by atoms with E-state index in [1.54, 1.807) is 6.20 Å². The molecule has 1 aliphatic heterocycles. The third-order valence-electron chi connectivity index (χ3n) is 6.37. The second-order valence-electron chi connectivity index (χ2n) is 9.33. The summed E-state index contributed by atoms with van der Waals surface area (Å²) in [6.07, 6.45) is 5.00. The van der Waals surface area contributed by atoms with E-state index in [1.165, 1.54) is 13.1 Å². The van der Waals surface area contributed by atoms with Gasteiger partial charge in [0.2, 0.25) is 0 Å². The van der Waals surface area contributed by atoms with Gasteiger partial charge in [0.1, 0.15) is 5.56 Å². The van der Waals surface area contributed by atoms with Gasteiger partial charge in [-0.2, -0.15) is 5.10 Å². The highest BCUT2D eigenvalue weighted by molar-refractivity contribution is 5.98. The molecule has 0 bridgehead atoms.